The van der Waals surface area contributed by atoms with Crippen molar-refractivity contribution in [1.29, 1.82) is 0 Å². The van der Waals surface area contributed by atoms with Crippen LogP contribution in [0.1, 0.15) is 18.4 Å². The van der Waals surface area contributed by atoms with E-state index in [1.807, 2.05) is 6.07 Å². The van der Waals surface area contributed by atoms with Gasteiger partial charge in [-0.3, -0.25) is 9.88 Å². The number of ketones is 1. The predicted molar refractivity (Wildman–Crippen MR) is 77.4 cm³/mol. The minimum Gasteiger partial charge on any atom is -0.508 e. The molecule has 112 valence electrons. The van der Waals surface area contributed by atoms with Gasteiger partial charge in [-0.25, -0.2) is 4.57 Å². The maximum absolute atomic E-state index is 11.9. The van der Waals surface area contributed by atoms with Gasteiger partial charge in [0.15, 0.2) is 5.78 Å². The first-order chi connectivity index (χ1) is 9.85. The summed E-state index contributed by atoms with van der Waals surface area (Å²) in [6.45, 7) is 0. The van der Waals surface area contributed by atoms with Gasteiger partial charge in [-0.05, 0) is 36.6 Å². The van der Waals surface area contributed by atoms with Crippen LogP contribution in [0.3, 0.4) is 0 Å². The van der Waals surface area contributed by atoms with Gasteiger partial charge in [0.05, 0.1) is 0 Å². The van der Waals surface area contributed by atoms with Crippen molar-refractivity contribution in [2.75, 3.05) is 0 Å². The average Bonchev–Trinajstić information content (AvgIpc) is 2.36. The zero-order valence-electron chi connectivity index (χ0n) is 11.2. The Morgan fingerprint density at radius 1 is 1.24 bits per heavy atom. The van der Waals surface area contributed by atoms with Crippen LogP contribution in [0.2, 0.25) is 0 Å². The Hall–Kier alpha value is -1.88. The third kappa shape index (κ3) is 4.56. The van der Waals surface area contributed by atoms with Crippen molar-refractivity contribution in [1.82, 2.24) is 5.09 Å². The summed E-state index contributed by atoms with van der Waals surface area (Å²) in [5, 5.41) is 11.5. The number of carbonyl (C=O) groups is 1. The van der Waals surface area contributed by atoms with Crippen molar-refractivity contribution < 1.29 is 24.3 Å². The number of hydrogen-bond donors (Lipinski definition) is 4. The van der Waals surface area contributed by atoms with Crippen LogP contribution in [0.25, 0.3) is 0 Å². The van der Waals surface area contributed by atoms with E-state index in [1.54, 1.807) is 24.3 Å². The Morgan fingerprint density at radius 3 is 2.67 bits per heavy atom. The predicted octanol–water partition coefficient (Wildman–Crippen LogP) is 1.79. The molecule has 7 heteroatoms. The fourth-order valence-electron chi connectivity index (χ4n) is 2.20. The molecule has 0 bridgehead atoms. The van der Waals surface area contributed by atoms with Crippen molar-refractivity contribution in [3.05, 3.63) is 53.3 Å². The van der Waals surface area contributed by atoms with Gasteiger partial charge in [0, 0.05) is 17.7 Å². The van der Waals surface area contributed by atoms with E-state index in [-0.39, 0.29) is 23.7 Å². The summed E-state index contributed by atoms with van der Waals surface area (Å²) in [4.78, 5) is 29.9. The second-order valence-electron chi connectivity index (χ2n) is 4.75. The summed E-state index contributed by atoms with van der Waals surface area (Å²) >= 11 is 0. The highest BCUT2D eigenvalue weighted by Crippen LogP contribution is 2.33. The monoisotopic (exact) mass is 309 g/mol. The molecule has 0 saturated heterocycles. The lowest BCUT2D eigenvalue weighted by Gasteiger charge is -2.18. The molecule has 0 spiro atoms. The van der Waals surface area contributed by atoms with Crippen LogP contribution >= 0.6 is 7.75 Å². The molecule has 1 aromatic carbocycles. The molecule has 0 aliphatic heterocycles. The van der Waals surface area contributed by atoms with Crippen molar-refractivity contribution in [3.8, 4) is 5.75 Å². The minimum absolute atomic E-state index is 0.143. The molecule has 1 aliphatic carbocycles. The van der Waals surface area contributed by atoms with Gasteiger partial charge in [-0.2, -0.15) is 0 Å². The van der Waals surface area contributed by atoms with Crippen LogP contribution in [-0.2, 0) is 15.8 Å². The number of benzene rings is 1. The Labute approximate surface area is 122 Å². The van der Waals surface area contributed by atoms with Gasteiger partial charge in [0.25, 0.3) is 0 Å². The molecule has 0 saturated carbocycles. The topological polar surface area (TPSA) is 107 Å². The number of nitrogens with one attached hydrogen (secondary N) is 1. The van der Waals surface area contributed by atoms with Crippen LogP contribution in [0.15, 0.2) is 47.7 Å². The fourth-order valence-corrected chi connectivity index (χ4v) is 2.78. The first kappa shape index (κ1) is 15.5. The maximum Gasteiger partial charge on any atom is 0.427 e. The number of allylic oxidation sites excluding steroid dienone is 3. The molecular weight excluding hydrogens is 293 g/mol. The lowest BCUT2D eigenvalue weighted by atomic mass is 9.95. The summed E-state index contributed by atoms with van der Waals surface area (Å²) < 4.78 is 11.1. The number of phenolic OH excluding ortho intramolecular Hbond substituents is 1. The zero-order chi connectivity index (χ0) is 15.5. The summed E-state index contributed by atoms with van der Waals surface area (Å²) in [6, 6.07) is 6.67. The van der Waals surface area contributed by atoms with E-state index < -0.39 is 7.75 Å². The first-order valence-corrected chi connectivity index (χ1v) is 8.01. The van der Waals surface area contributed by atoms with Gasteiger partial charge in [-0.15, -0.1) is 0 Å². The molecule has 6 nitrogen and oxygen atoms in total. The van der Waals surface area contributed by atoms with E-state index in [9.17, 15) is 14.5 Å². The highest BCUT2D eigenvalue weighted by atomic mass is 31.2. The lowest BCUT2D eigenvalue weighted by Crippen LogP contribution is -2.18. The minimum atomic E-state index is -4.44. The third-order valence-electron chi connectivity index (χ3n) is 3.11. The van der Waals surface area contributed by atoms with Crippen LogP contribution in [0.4, 0.5) is 0 Å². The number of aryl methyl sites for hydroxylation is 1. The van der Waals surface area contributed by atoms with Gasteiger partial charge >= 0.3 is 7.75 Å². The normalized spacial score (nSPS) is 15.4. The molecule has 1 aliphatic rings. The molecule has 1 aromatic rings. The molecule has 0 fully saturated rings. The largest absolute Gasteiger partial charge is 0.508 e. The van der Waals surface area contributed by atoms with Crippen molar-refractivity contribution in [3.63, 3.8) is 0 Å². The van der Waals surface area contributed by atoms with E-state index in [2.05, 4.69) is 5.09 Å². The molecule has 21 heavy (non-hydrogen) atoms. The Bertz CT molecular complexity index is 659. The highest BCUT2D eigenvalue weighted by molar-refractivity contribution is 7.49. The van der Waals surface area contributed by atoms with Gasteiger partial charge < -0.3 is 14.9 Å². The van der Waals surface area contributed by atoms with E-state index in [0.29, 0.717) is 18.4 Å². The second kappa shape index (κ2) is 6.26. The average molecular weight is 309 g/mol. The van der Waals surface area contributed by atoms with Crippen LogP contribution < -0.4 is 5.09 Å². The Kier molecular flexibility index (Phi) is 4.63. The molecule has 0 atom stereocenters. The van der Waals surface area contributed by atoms with Gasteiger partial charge in [0.1, 0.15) is 5.75 Å². The van der Waals surface area contributed by atoms with E-state index in [0.717, 1.165) is 5.56 Å². The number of phenols is 1. The third-order valence-corrected chi connectivity index (χ3v) is 3.67. The number of hydrogen-bond acceptors (Lipinski definition) is 3. The molecule has 0 radical (unpaired) electrons. The summed E-state index contributed by atoms with van der Waals surface area (Å²) in [5.41, 5.74) is 1.47. The summed E-state index contributed by atoms with van der Waals surface area (Å²) in [7, 11) is -4.44. The van der Waals surface area contributed by atoms with Crippen molar-refractivity contribution >= 4 is 13.5 Å². The van der Waals surface area contributed by atoms with E-state index in [1.165, 1.54) is 6.08 Å². The molecule has 0 unspecified atom stereocenters. The standard InChI is InChI=1S/C14H16NO5P/c16-11-4-1-3-10(9-11)7-8-12-13(15-21(18,19)20)5-2-6-14(12)17/h1-4,6,9,16H,5,7-8H2,(H3,15,18,19,20). The quantitative estimate of drug-likeness (QED) is 0.618. The Balaban J connectivity index is 2.16. The van der Waals surface area contributed by atoms with Gasteiger partial charge in [0.2, 0.25) is 0 Å². The van der Waals surface area contributed by atoms with E-state index >= 15 is 0 Å². The van der Waals surface area contributed by atoms with Gasteiger partial charge in [-0.1, -0.05) is 18.2 Å². The molecule has 2 rings (SSSR count). The highest BCUT2D eigenvalue weighted by Gasteiger charge is 2.22. The lowest BCUT2D eigenvalue weighted by molar-refractivity contribution is -0.111. The SMILES string of the molecule is O=C1C=CCC(NP(=O)(O)O)=C1CCc1cccc(O)c1. The van der Waals surface area contributed by atoms with Crippen LogP contribution in [0.5, 0.6) is 5.75 Å². The van der Waals surface area contributed by atoms with Crippen LogP contribution in [-0.4, -0.2) is 20.7 Å². The smallest absolute Gasteiger partial charge is 0.427 e. The summed E-state index contributed by atoms with van der Waals surface area (Å²) in [5.74, 6) is -0.109. The molecule has 0 heterocycles. The van der Waals surface area contributed by atoms with Crippen LogP contribution in [0, 0.1) is 0 Å². The first-order valence-electron chi connectivity index (χ1n) is 6.40. The Morgan fingerprint density at radius 2 is 2.00 bits per heavy atom. The molecule has 0 aromatic heterocycles. The zero-order valence-corrected chi connectivity index (χ0v) is 12.1. The van der Waals surface area contributed by atoms with Crippen molar-refractivity contribution in [2.24, 2.45) is 0 Å². The number of rotatable bonds is 5. The molecular formula is C14H16NO5P. The number of aromatic hydroxyl groups is 1. The molecule has 0 amide bonds. The van der Waals surface area contributed by atoms with Crippen molar-refractivity contribution in [2.45, 2.75) is 19.3 Å². The molecule has 4 N–H and O–H groups in total. The van der Waals surface area contributed by atoms with E-state index in [4.69, 9.17) is 9.79 Å². The summed E-state index contributed by atoms with van der Waals surface area (Å²) in [6.07, 6.45) is 4.09. The number of carbonyl (C=O) groups excluding carboxylic acids is 1. The maximum atomic E-state index is 11.9. The fraction of sp³-hybridized carbons (Fsp3) is 0.214. The second-order valence-corrected chi connectivity index (χ2v) is 6.07.